The number of aromatic nitrogens is 5. The van der Waals surface area contributed by atoms with Crippen LogP contribution in [0.4, 0.5) is 5.82 Å². The van der Waals surface area contributed by atoms with Gasteiger partial charge in [-0.25, -0.2) is 9.97 Å². The third-order valence-electron chi connectivity index (χ3n) is 2.49. The number of halogens is 1. The molecule has 1 N–H and O–H groups in total. The minimum Gasteiger partial charge on any atom is -0.364 e. The van der Waals surface area contributed by atoms with Crippen molar-refractivity contribution >= 4 is 28.6 Å². The number of nitrogens with zero attached hydrogens (tertiary/aromatic N) is 5. The van der Waals surface area contributed by atoms with E-state index in [0.29, 0.717) is 23.5 Å². The SMILES string of the molecule is Clc1nc(NCc2cccnc2)c2nccnc2n1. The molecule has 0 atom stereocenters. The molecule has 0 aliphatic rings. The minimum absolute atomic E-state index is 0.140. The molecule has 0 aromatic carbocycles. The average Bonchev–Trinajstić information content (AvgIpc) is 2.45. The molecule has 0 fully saturated rings. The molecular formula is C12H9ClN6. The summed E-state index contributed by atoms with van der Waals surface area (Å²) in [5, 5.41) is 3.31. The zero-order chi connectivity index (χ0) is 13.1. The van der Waals surface area contributed by atoms with Gasteiger partial charge in [0.2, 0.25) is 5.28 Å². The van der Waals surface area contributed by atoms with Gasteiger partial charge in [0.15, 0.2) is 17.0 Å². The molecule has 0 radical (unpaired) electrons. The largest absolute Gasteiger partial charge is 0.364 e. The van der Waals surface area contributed by atoms with Gasteiger partial charge in [0, 0.05) is 31.3 Å². The summed E-state index contributed by atoms with van der Waals surface area (Å²) in [6, 6.07) is 3.85. The Morgan fingerprint density at radius 1 is 1.11 bits per heavy atom. The predicted octanol–water partition coefficient (Wildman–Crippen LogP) is 2.08. The first-order chi connectivity index (χ1) is 9.33. The van der Waals surface area contributed by atoms with Crippen LogP contribution in [0, 0.1) is 0 Å². The van der Waals surface area contributed by atoms with Crippen molar-refractivity contribution in [3.63, 3.8) is 0 Å². The van der Waals surface area contributed by atoms with Crippen LogP contribution in [0.15, 0.2) is 36.9 Å². The second-order valence-corrected chi connectivity index (χ2v) is 4.12. The second kappa shape index (κ2) is 5.11. The van der Waals surface area contributed by atoms with E-state index in [1.165, 1.54) is 0 Å². The van der Waals surface area contributed by atoms with Crippen LogP contribution in [0.3, 0.4) is 0 Å². The fraction of sp³-hybridized carbons (Fsp3) is 0.0833. The Balaban J connectivity index is 1.92. The maximum absolute atomic E-state index is 5.86. The summed E-state index contributed by atoms with van der Waals surface area (Å²) in [7, 11) is 0. The van der Waals surface area contributed by atoms with Crippen LogP contribution >= 0.6 is 11.6 Å². The Labute approximate surface area is 113 Å². The topological polar surface area (TPSA) is 76.5 Å². The second-order valence-electron chi connectivity index (χ2n) is 3.78. The molecule has 3 aromatic rings. The summed E-state index contributed by atoms with van der Waals surface area (Å²) in [6.07, 6.45) is 6.67. The molecule has 94 valence electrons. The molecule has 0 bridgehead atoms. The van der Waals surface area contributed by atoms with Gasteiger partial charge in [-0.3, -0.25) is 4.98 Å². The van der Waals surface area contributed by atoms with Crippen molar-refractivity contribution in [1.82, 2.24) is 24.9 Å². The Morgan fingerprint density at radius 2 is 2.00 bits per heavy atom. The highest BCUT2D eigenvalue weighted by molar-refractivity contribution is 6.28. The highest BCUT2D eigenvalue weighted by atomic mass is 35.5. The van der Waals surface area contributed by atoms with E-state index in [4.69, 9.17) is 11.6 Å². The van der Waals surface area contributed by atoms with Crippen LogP contribution in [0.2, 0.25) is 5.28 Å². The van der Waals surface area contributed by atoms with Crippen molar-refractivity contribution in [3.8, 4) is 0 Å². The lowest BCUT2D eigenvalue weighted by Crippen LogP contribution is -2.04. The third kappa shape index (κ3) is 2.58. The van der Waals surface area contributed by atoms with Crippen molar-refractivity contribution in [2.24, 2.45) is 0 Å². The number of anilines is 1. The maximum atomic E-state index is 5.86. The standard InChI is InChI=1S/C12H9ClN6/c13-12-18-10-9(15-4-5-16-10)11(19-12)17-7-8-2-1-3-14-6-8/h1-6H,7H2,(H,16,17,18,19). The molecule has 3 aromatic heterocycles. The first-order valence-electron chi connectivity index (χ1n) is 5.60. The molecule has 0 saturated heterocycles. The maximum Gasteiger partial charge on any atom is 0.226 e. The van der Waals surface area contributed by atoms with Crippen molar-refractivity contribution in [1.29, 1.82) is 0 Å². The summed E-state index contributed by atoms with van der Waals surface area (Å²) in [5.41, 5.74) is 2.10. The highest BCUT2D eigenvalue weighted by Gasteiger charge is 2.08. The van der Waals surface area contributed by atoms with E-state index in [0.717, 1.165) is 5.56 Å². The smallest absolute Gasteiger partial charge is 0.226 e. The van der Waals surface area contributed by atoms with E-state index >= 15 is 0 Å². The number of hydrogen-bond donors (Lipinski definition) is 1. The van der Waals surface area contributed by atoms with Gasteiger partial charge in [-0.2, -0.15) is 9.97 Å². The lowest BCUT2D eigenvalue weighted by Gasteiger charge is -2.07. The molecule has 3 heterocycles. The molecule has 0 aliphatic heterocycles. The van der Waals surface area contributed by atoms with Crippen LogP contribution in [0.1, 0.15) is 5.56 Å². The summed E-state index contributed by atoms with van der Waals surface area (Å²) in [5.74, 6) is 0.562. The molecule has 0 saturated carbocycles. The van der Waals surface area contributed by atoms with E-state index in [1.54, 1.807) is 24.8 Å². The van der Waals surface area contributed by atoms with Gasteiger partial charge < -0.3 is 5.32 Å². The summed E-state index contributed by atoms with van der Waals surface area (Å²) in [4.78, 5) is 20.5. The molecule has 19 heavy (non-hydrogen) atoms. The van der Waals surface area contributed by atoms with Gasteiger partial charge in [0.25, 0.3) is 0 Å². The first kappa shape index (κ1) is 11.7. The van der Waals surface area contributed by atoms with E-state index in [-0.39, 0.29) is 5.28 Å². The number of pyridine rings is 1. The quantitative estimate of drug-likeness (QED) is 0.736. The predicted molar refractivity (Wildman–Crippen MR) is 71.7 cm³/mol. The van der Waals surface area contributed by atoms with Gasteiger partial charge in [0.1, 0.15) is 0 Å². The normalized spacial score (nSPS) is 10.6. The van der Waals surface area contributed by atoms with Gasteiger partial charge >= 0.3 is 0 Å². The lowest BCUT2D eigenvalue weighted by molar-refractivity contribution is 1.07. The Morgan fingerprint density at radius 3 is 2.84 bits per heavy atom. The first-order valence-corrected chi connectivity index (χ1v) is 5.98. The molecule has 7 heteroatoms. The zero-order valence-electron chi connectivity index (χ0n) is 9.79. The van der Waals surface area contributed by atoms with Crippen molar-refractivity contribution in [2.45, 2.75) is 6.54 Å². The molecule has 0 aliphatic carbocycles. The van der Waals surface area contributed by atoms with Crippen LogP contribution < -0.4 is 5.32 Å². The average molecular weight is 273 g/mol. The third-order valence-corrected chi connectivity index (χ3v) is 2.66. The summed E-state index contributed by atoms with van der Waals surface area (Å²) < 4.78 is 0. The van der Waals surface area contributed by atoms with Crippen LogP contribution in [-0.2, 0) is 6.54 Å². The van der Waals surface area contributed by atoms with Gasteiger partial charge in [-0.05, 0) is 23.2 Å². The van der Waals surface area contributed by atoms with Crippen LogP contribution in [-0.4, -0.2) is 24.9 Å². The molecule has 0 spiro atoms. The molecule has 6 nitrogen and oxygen atoms in total. The van der Waals surface area contributed by atoms with Crippen molar-refractivity contribution in [3.05, 3.63) is 47.8 Å². The summed E-state index contributed by atoms with van der Waals surface area (Å²) >= 11 is 5.86. The van der Waals surface area contributed by atoms with Gasteiger partial charge in [-0.1, -0.05) is 6.07 Å². The van der Waals surface area contributed by atoms with Crippen LogP contribution in [0.5, 0.6) is 0 Å². The highest BCUT2D eigenvalue weighted by Crippen LogP contribution is 2.18. The Hall–Kier alpha value is -2.34. The van der Waals surface area contributed by atoms with Crippen molar-refractivity contribution < 1.29 is 0 Å². The van der Waals surface area contributed by atoms with E-state index in [9.17, 15) is 0 Å². The number of fused-ring (bicyclic) bond motifs is 1. The van der Waals surface area contributed by atoms with E-state index in [2.05, 4.69) is 30.2 Å². The Bertz CT molecular complexity index is 703. The fourth-order valence-electron chi connectivity index (χ4n) is 1.65. The lowest BCUT2D eigenvalue weighted by atomic mass is 10.3. The number of nitrogens with one attached hydrogen (secondary N) is 1. The number of rotatable bonds is 3. The molecule has 3 rings (SSSR count). The molecular weight excluding hydrogens is 264 g/mol. The zero-order valence-corrected chi connectivity index (χ0v) is 10.5. The molecule has 0 amide bonds. The number of hydrogen-bond acceptors (Lipinski definition) is 6. The van der Waals surface area contributed by atoms with E-state index in [1.807, 2.05) is 12.1 Å². The van der Waals surface area contributed by atoms with Gasteiger partial charge in [0.05, 0.1) is 0 Å². The van der Waals surface area contributed by atoms with Crippen LogP contribution in [0.25, 0.3) is 11.2 Å². The monoisotopic (exact) mass is 272 g/mol. The Kier molecular flexibility index (Phi) is 3.16. The van der Waals surface area contributed by atoms with Gasteiger partial charge in [-0.15, -0.1) is 0 Å². The fourth-order valence-corrected chi connectivity index (χ4v) is 1.81. The van der Waals surface area contributed by atoms with Crippen molar-refractivity contribution in [2.75, 3.05) is 5.32 Å². The molecule has 0 unspecified atom stereocenters. The minimum atomic E-state index is 0.140. The van der Waals surface area contributed by atoms with E-state index < -0.39 is 0 Å². The summed E-state index contributed by atoms with van der Waals surface area (Å²) in [6.45, 7) is 0.576.